The number of nitrogens with one attached hydrogen (secondary N) is 1. The highest BCUT2D eigenvalue weighted by Crippen LogP contribution is 2.32. The van der Waals surface area contributed by atoms with E-state index in [0.29, 0.717) is 30.3 Å². The van der Waals surface area contributed by atoms with Crippen LogP contribution in [-0.2, 0) is 21.2 Å². The quantitative estimate of drug-likeness (QED) is 0.537. The lowest BCUT2D eigenvalue weighted by Gasteiger charge is -2.30. The second kappa shape index (κ2) is 9.95. The fourth-order valence-corrected chi connectivity index (χ4v) is 5.31. The number of carbonyl (C=O) groups is 1. The fraction of sp³-hybridized carbons (Fsp3) is 0.240. The van der Waals surface area contributed by atoms with Gasteiger partial charge < -0.3 is 14.8 Å². The topological polar surface area (TPSA) is 84.9 Å². The molecule has 7 nitrogen and oxygen atoms in total. The van der Waals surface area contributed by atoms with Gasteiger partial charge in [0.2, 0.25) is 0 Å². The zero-order chi connectivity index (χ0) is 23.3. The number of carbonyl (C=O) groups excluding carboxylic acids is 1. The van der Waals surface area contributed by atoms with Crippen LogP contribution in [0.4, 0.5) is 11.4 Å². The van der Waals surface area contributed by atoms with E-state index in [1.807, 2.05) is 37.3 Å². The van der Waals surface area contributed by atoms with Gasteiger partial charge in [-0.15, -0.1) is 0 Å². The van der Waals surface area contributed by atoms with Crippen LogP contribution in [0.5, 0.6) is 11.5 Å². The van der Waals surface area contributed by atoms with Gasteiger partial charge in [-0.1, -0.05) is 30.3 Å². The molecule has 33 heavy (non-hydrogen) atoms. The number of hydrogen-bond donors (Lipinski definition) is 1. The molecule has 0 atom stereocenters. The standard InChI is InChI=1S/C25H26N2O5S/c1-2-31-24-12-6-4-10-22(24)26-25(28)18-32-20-13-15-21(16-14-20)33(29,30)27-17-7-9-19-8-3-5-11-23(19)27/h3-6,8,10-16H,2,7,9,17-18H2,1H3,(H,26,28). The van der Waals surface area contributed by atoms with Crippen molar-refractivity contribution in [3.8, 4) is 11.5 Å². The third-order valence-electron chi connectivity index (χ3n) is 5.31. The average Bonchev–Trinajstić information content (AvgIpc) is 2.84. The number of rotatable bonds is 8. The largest absolute Gasteiger partial charge is 0.492 e. The maximum absolute atomic E-state index is 13.2. The number of nitrogens with zero attached hydrogens (tertiary/aromatic N) is 1. The molecule has 0 spiro atoms. The predicted molar refractivity (Wildman–Crippen MR) is 127 cm³/mol. The Bertz CT molecular complexity index is 1230. The smallest absolute Gasteiger partial charge is 0.264 e. The molecular weight excluding hydrogens is 440 g/mol. The second-order valence-electron chi connectivity index (χ2n) is 7.55. The van der Waals surface area contributed by atoms with Crippen molar-refractivity contribution >= 4 is 27.3 Å². The van der Waals surface area contributed by atoms with Crippen molar-refractivity contribution in [2.45, 2.75) is 24.7 Å². The lowest BCUT2D eigenvalue weighted by molar-refractivity contribution is -0.118. The Kier molecular flexibility index (Phi) is 6.84. The first-order chi connectivity index (χ1) is 16.0. The van der Waals surface area contributed by atoms with E-state index in [4.69, 9.17) is 9.47 Å². The van der Waals surface area contributed by atoms with Gasteiger partial charge in [0.25, 0.3) is 15.9 Å². The van der Waals surface area contributed by atoms with Crippen molar-refractivity contribution in [1.82, 2.24) is 0 Å². The molecule has 0 saturated carbocycles. The van der Waals surface area contributed by atoms with Gasteiger partial charge in [0.15, 0.2) is 6.61 Å². The Morgan fingerprint density at radius 2 is 1.70 bits per heavy atom. The maximum atomic E-state index is 13.2. The number of para-hydroxylation sites is 3. The van der Waals surface area contributed by atoms with Gasteiger partial charge in [0, 0.05) is 6.54 Å². The molecule has 1 aliphatic heterocycles. The molecule has 4 rings (SSSR count). The Labute approximate surface area is 194 Å². The van der Waals surface area contributed by atoms with Crippen LogP contribution in [0, 0.1) is 0 Å². The van der Waals surface area contributed by atoms with Gasteiger partial charge in [-0.05, 0) is 67.8 Å². The number of ether oxygens (including phenoxy) is 2. The van der Waals surface area contributed by atoms with Crippen LogP contribution in [0.1, 0.15) is 18.9 Å². The molecule has 1 amide bonds. The van der Waals surface area contributed by atoms with Crippen LogP contribution in [0.3, 0.4) is 0 Å². The summed E-state index contributed by atoms with van der Waals surface area (Å²) in [5.74, 6) is 0.646. The van der Waals surface area contributed by atoms with Crippen LogP contribution in [0.15, 0.2) is 77.7 Å². The molecule has 3 aromatic rings. The summed E-state index contributed by atoms with van der Waals surface area (Å²) in [5.41, 5.74) is 2.33. The van der Waals surface area contributed by atoms with Crippen molar-refractivity contribution in [2.75, 3.05) is 29.4 Å². The van der Waals surface area contributed by atoms with Crippen LogP contribution >= 0.6 is 0 Å². The van der Waals surface area contributed by atoms with Gasteiger partial charge in [0.1, 0.15) is 11.5 Å². The summed E-state index contributed by atoms with van der Waals surface area (Å²) < 4.78 is 39.0. The van der Waals surface area contributed by atoms with Crippen molar-refractivity contribution in [3.05, 3.63) is 78.4 Å². The van der Waals surface area contributed by atoms with E-state index in [9.17, 15) is 13.2 Å². The van der Waals surface area contributed by atoms with Gasteiger partial charge in [-0.2, -0.15) is 0 Å². The number of sulfonamides is 1. The number of benzene rings is 3. The molecule has 3 aromatic carbocycles. The van der Waals surface area contributed by atoms with E-state index < -0.39 is 10.0 Å². The van der Waals surface area contributed by atoms with Gasteiger partial charge in [-0.3, -0.25) is 9.10 Å². The van der Waals surface area contributed by atoms with E-state index in [1.54, 1.807) is 30.3 Å². The van der Waals surface area contributed by atoms with Gasteiger partial charge >= 0.3 is 0 Å². The average molecular weight is 467 g/mol. The molecule has 8 heteroatoms. The first kappa shape index (κ1) is 22.7. The zero-order valence-corrected chi connectivity index (χ0v) is 19.2. The van der Waals surface area contributed by atoms with E-state index >= 15 is 0 Å². The minimum Gasteiger partial charge on any atom is -0.492 e. The van der Waals surface area contributed by atoms with Crippen LogP contribution in [-0.4, -0.2) is 34.1 Å². The summed E-state index contributed by atoms with van der Waals surface area (Å²) >= 11 is 0. The van der Waals surface area contributed by atoms with Crippen LogP contribution in [0.25, 0.3) is 0 Å². The molecule has 172 valence electrons. The summed E-state index contributed by atoms with van der Waals surface area (Å²) in [6, 6.07) is 20.9. The van der Waals surface area contributed by atoms with Crippen LogP contribution in [0.2, 0.25) is 0 Å². The third-order valence-corrected chi connectivity index (χ3v) is 7.14. The number of hydrogen-bond acceptors (Lipinski definition) is 5. The van der Waals surface area contributed by atoms with E-state index in [-0.39, 0.29) is 17.4 Å². The maximum Gasteiger partial charge on any atom is 0.264 e. The number of fused-ring (bicyclic) bond motifs is 1. The summed E-state index contributed by atoms with van der Waals surface area (Å²) in [6.45, 7) is 2.59. The summed E-state index contributed by atoms with van der Waals surface area (Å²) in [7, 11) is -3.69. The molecule has 0 unspecified atom stereocenters. The second-order valence-corrected chi connectivity index (χ2v) is 9.41. The molecule has 1 N–H and O–H groups in total. The van der Waals surface area contributed by atoms with E-state index in [2.05, 4.69) is 5.32 Å². The molecule has 1 aliphatic rings. The molecule has 0 bridgehead atoms. The lowest BCUT2D eigenvalue weighted by atomic mass is 10.0. The number of amides is 1. The van der Waals surface area contributed by atoms with Crippen LogP contribution < -0.4 is 19.1 Å². The predicted octanol–water partition coefficient (Wildman–Crippen LogP) is 4.24. The monoisotopic (exact) mass is 466 g/mol. The third kappa shape index (κ3) is 5.12. The highest BCUT2D eigenvalue weighted by molar-refractivity contribution is 7.92. The molecule has 0 saturated heterocycles. The van der Waals surface area contributed by atoms with E-state index in [0.717, 1.165) is 24.1 Å². The molecule has 0 fully saturated rings. The highest BCUT2D eigenvalue weighted by atomic mass is 32.2. The Balaban J connectivity index is 1.40. The van der Waals surface area contributed by atoms with Gasteiger partial charge in [0.05, 0.1) is 22.9 Å². The lowest BCUT2D eigenvalue weighted by Crippen LogP contribution is -2.35. The number of aryl methyl sites for hydroxylation is 1. The zero-order valence-electron chi connectivity index (χ0n) is 18.4. The fourth-order valence-electron chi connectivity index (χ4n) is 3.77. The Morgan fingerprint density at radius 3 is 2.48 bits per heavy atom. The van der Waals surface area contributed by atoms with Crippen molar-refractivity contribution < 1.29 is 22.7 Å². The summed E-state index contributed by atoms with van der Waals surface area (Å²) in [6.07, 6.45) is 1.64. The number of anilines is 2. The van der Waals surface area contributed by atoms with Crippen molar-refractivity contribution in [2.24, 2.45) is 0 Å². The summed E-state index contributed by atoms with van der Waals surface area (Å²) in [4.78, 5) is 12.5. The molecule has 1 heterocycles. The molecule has 0 radical (unpaired) electrons. The summed E-state index contributed by atoms with van der Waals surface area (Å²) in [5, 5.41) is 2.76. The highest BCUT2D eigenvalue weighted by Gasteiger charge is 2.28. The van der Waals surface area contributed by atoms with Crippen molar-refractivity contribution in [1.29, 1.82) is 0 Å². The first-order valence-electron chi connectivity index (χ1n) is 10.8. The normalized spacial score (nSPS) is 13.2. The van der Waals surface area contributed by atoms with E-state index in [1.165, 1.54) is 16.4 Å². The SMILES string of the molecule is CCOc1ccccc1NC(=O)COc1ccc(S(=O)(=O)N2CCCc3ccccc32)cc1. The Morgan fingerprint density at radius 1 is 0.970 bits per heavy atom. The minimum absolute atomic E-state index is 0.182. The first-order valence-corrected chi connectivity index (χ1v) is 12.3. The van der Waals surface area contributed by atoms with Crippen molar-refractivity contribution in [3.63, 3.8) is 0 Å². The minimum atomic E-state index is -3.69. The molecule has 0 aliphatic carbocycles. The molecular formula is C25H26N2O5S. The van der Waals surface area contributed by atoms with Gasteiger partial charge in [-0.25, -0.2) is 8.42 Å². The Hall–Kier alpha value is -3.52. The molecule has 0 aromatic heterocycles.